The number of amides is 1. The van der Waals surface area contributed by atoms with Gasteiger partial charge in [-0.2, -0.15) is 5.26 Å². The standard InChI is InChI=1S/C18H13BrN2O3/c1-11(22)16(10-20)18(24)21-15-8-4-13(5-9-15)17(23)12-2-6-14(19)7-3-12/h2-9,22H,1H3,(H,21,24)/b16-11-. The van der Waals surface area contributed by atoms with E-state index < -0.39 is 5.91 Å². The van der Waals surface area contributed by atoms with Crippen molar-refractivity contribution in [1.82, 2.24) is 0 Å². The number of aliphatic hydroxyl groups is 1. The first-order chi connectivity index (χ1) is 11.4. The molecule has 24 heavy (non-hydrogen) atoms. The van der Waals surface area contributed by atoms with Gasteiger partial charge in [-0.3, -0.25) is 9.59 Å². The highest BCUT2D eigenvalue weighted by Crippen LogP contribution is 2.17. The Hall–Kier alpha value is -2.91. The number of anilines is 1. The second kappa shape index (κ2) is 7.57. The molecule has 6 heteroatoms. The molecule has 2 aromatic carbocycles. The van der Waals surface area contributed by atoms with Gasteiger partial charge < -0.3 is 10.4 Å². The van der Waals surface area contributed by atoms with Gasteiger partial charge in [0.2, 0.25) is 0 Å². The number of nitrogens with one attached hydrogen (secondary N) is 1. The first-order valence-electron chi connectivity index (χ1n) is 6.94. The number of ketones is 1. The summed E-state index contributed by atoms with van der Waals surface area (Å²) < 4.78 is 0.887. The molecule has 5 nitrogen and oxygen atoms in total. The van der Waals surface area contributed by atoms with Crippen LogP contribution in [0.5, 0.6) is 0 Å². The molecule has 0 unspecified atom stereocenters. The van der Waals surface area contributed by atoms with E-state index in [4.69, 9.17) is 5.26 Å². The molecule has 2 aromatic rings. The van der Waals surface area contributed by atoms with Crippen LogP contribution >= 0.6 is 15.9 Å². The van der Waals surface area contributed by atoms with E-state index in [1.807, 2.05) is 0 Å². The van der Waals surface area contributed by atoms with E-state index in [0.717, 1.165) is 4.47 Å². The predicted octanol–water partition coefficient (Wildman–Crippen LogP) is 3.97. The minimum Gasteiger partial charge on any atom is -0.511 e. The largest absolute Gasteiger partial charge is 0.511 e. The Morgan fingerprint density at radius 3 is 2.00 bits per heavy atom. The number of carbonyl (C=O) groups is 2. The molecule has 0 radical (unpaired) electrons. The van der Waals surface area contributed by atoms with E-state index >= 15 is 0 Å². The summed E-state index contributed by atoms with van der Waals surface area (Å²) in [6.07, 6.45) is 0. The van der Waals surface area contributed by atoms with Crippen LogP contribution in [-0.4, -0.2) is 16.8 Å². The SMILES string of the molecule is C/C(O)=C(\C#N)C(=O)Nc1ccc(C(=O)c2ccc(Br)cc2)cc1. The van der Waals surface area contributed by atoms with Crippen LogP contribution in [-0.2, 0) is 4.79 Å². The summed E-state index contributed by atoms with van der Waals surface area (Å²) >= 11 is 3.31. The molecule has 0 saturated carbocycles. The van der Waals surface area contributed by atoms with Crippen molar-refractivity contribution >= 4 is 33.3 Å². The molecule has 0 saturated heterocycles. The van der Waals surface area contributed by atoms with Crippen LogP contribution in [0.1, 0.15) is 22.8 Å². The summed E-state index contributed by atoms with van der Waals surface area (Å²) in [5.74, 6) is -1.19. The third-order valence-corrected chi connectivity index (χ3v) is 3.74. The molecule has 2 rings (SSSR count). The van der Waals surface area contributed by atoms with Gasteiger partial charge in [-0.05, 0) is 55.5 Å². The first kappa shape index (κ1) is 17.4. The molecule has 0 atom stereocenters. The van der Waals surface area contributed by atoms with Gasteiger partial charge in [0.05, 0.1) is 0 Å². The summed E-state index contributed by atoms with van der Waals surface area (Å²) in [5, 5.41) is 20.6. The quantitative estimate of drug-likeness (QED) is 0.361. The molecule has 120 valence electrons. The monoisotopic (exact) mass is 384 g/mol. The third-order valence-electron chi connectivity index (χ3n) is 3.21. The number of benzene rings is 2. The first-order valence-corrected chi connectivity index (χ1v) is 7.73. The predicted molar refractivity (Wildman–Crippen MR) is 93.6 cm³/mol. The molecule has 0 aliphatic rings. The highest BCUT2D eigenvalue weighted by molar-refractivity contribution is 9.10. The maximum Gasteiger partial charge on any atom is 0.269 e. The summed E-state index contributed by atoms with van der Waals surface area (Å²) in [5.41, 5.74) is 1.09. The van der Waals surface area contributed by atoms with Gasteiger partial charge in [0.1, 0.15) is 11.8 Å². The average molecular weight is 385 g/mol. The van der Waals surface area contributed by atoms with E-state index in [0.29, 0.717) is 16.8 Å². The Morgan fingerprint density at radius 1 is 1.04 bits per heavy atom. The van der Waals surface area contributed by atoms with Crippen LogP contribution in [0, 0.1) is 11.3 Å². The maximum absolute atomic E-state index is 12.3. The van der Waals surface area contributed by atoms with E-state index in [2.05, 4.69) is 21.2 Å². The summed E-state index contributed by atoms with van der Waals surface area (Å²) in [4.78, 5) is 24.2. The van der Waals surface area contributed by atoms with Crippen molar-refractivity contribution in [3.63, 3.8) is 0 Å². The zero-order chi connectivity index (χ0) is 17.7. The van der Waals surface area contributed by atoms with Crippen molar-refractivity contribution in [2.75, 3.05) is 5.32 Å². The topological polar surface area (TPSA) is 90.2 Å². The fourth-order valence-corrected chi connectivity index (χ4v) is 2.23. The molecular formula is C18H13BrN2O3. The van der Waals surface area contributed by atoms with Crippen molar-refractivity contribution in [2.24, 2.45) is 0 Å². The Kier molecular flexibility index (Phi) is 5.51. The molecule has 0 aromatic heterocycles. The van der Waals surface area contributed by atoms with Crippen LogP contribution in [0.25, 0.3) is 0 Å². The summed E-state index contributed by atoms with van der Waals surface area (Å²) in [6.45, 7) is 1.26. The highest BCUT2D eigenvalue weighted by Gasteiger charge is 2.13. The average Bonchev–Trinajstić information content (AvgIpc) is 2.56. The Labute approximate surface area is 147 Å². The van der Waals surface area contributed by atoms with Gasteiger partial charge in [0.15, 0.2) is 11.4 Å². The van der Waals surface area contributed by atoms with Crippen molar-refractivity contribution in [2.45, 2.75) is 6.92 Å². The minimum atomic E-state index is -0.704. The second-order valence-electron chi connectivity index (χ2n) is 4.94. The van der Waals surface area contributed by atoms with Crippen LogP contribution in [0.15, 0.2) is 64.3 Å². The lowest BCUT2D eigenvalue weighted by molar-refractivity contribution is -0.112. The number of nitriles is 1. The molecule has 0 aliphatic heterocycles. The molecule has 0 fully saturated rings. The van der Waals surface area contributed by atoms with Crippen LogP contribution in [0.4, 0.5) is 5.69 Å². The van der Waals surface area contributed by atoms with E-state index in [1.54, 1.807) is 54.6 Å². The van der Waals surface area contributed by atoms with Gasteiger partial charge in [-0.1, -0.05) is 15.9 Å². The van der Waals surface area contributed by atoms with Gasteiger partial charge in [0.25, 0.3) is 5.91 Å². The Bertz CT molecular complexity index is 843. The fraction of sp³-hybridized carbons (Fsp3) is 0.0556. The van der Waals surface area contributed by atoms with Crippen molar-refractivity contribution in [1.29, 1.82) is 5.26 Å². The highest BCUT2D eigenvalue weighted by atomic mass is 79.9. The van der Waals surface area contributed by atoms with Gasteiger partial charge >= 0.3 is 0 Å². The number of nitrogens with zero attached hydrogens (tertiary/aromatic N) is 1. The van der Waals surface area contributed by atoms with E-state index in [9.17, 15) is 14.7 Å². The van der Waals surface area contributed by atoms with Crippen LogP contribution in [0.3, 0.4) is 0 Å². The van der Waals surface area contributed by atoms with Crippen molar-refractivity contribution in [3.05, 3.63) is 75.5 Å². The van der Waals surface area contributed by atoms with Gasteiger partial charge in [0, 0.05) is 21.3 Å². The van der Waals surface area contributed by atoms with Gasteiger partial charge in [-0.15, -0.1) is 0 Å². The Morgan fingerprint density at radius 2 is 1.54 bits per heavy atom. The smallest absolute Gasteiger partial charge is 0.269 e. The number of rotatable bonds is 4. The number of hydrogen-bond acceptors (Lipinski definition) is 4. The minimum absolute atomic E-state index is 0.135. The molecule has 2 N–H and O–H groups in total. The molecule has 0 spiro atoms. The normalized spacial score (nSPS) is 11.2. The van der Waals surface area contributed by atoms with E-state index in [-0.39, 0.29) is 17.1 Å². The molecule has 0 bridgehead atoms. The second-order valence-corrected chi connectivity index (χ2v) is 5.86. The summed E-state index contributed by atoms with van der Waals surface area (Å²) in [6, 6.07) is 14.9. The maximum atomic E-state index is 12.3. The van der Waals surface area contributed by atoms with Crippen molar-refractivity contribution < 1.29 is 14.7 Å². The zero-order valence-corrected chi connectivity index (χ0v) is 14.3. The lowest BCUT2D eigenvalue weighted by Gasteiger charge is -2.06. The van der Waals surface area contributed by atoms with E-state index in [1.165, 1.54) is 6.92 Å². The number of aliphatic hydroxyl groups excluding tert-OH is 1. The zero-order valence-electron chi connectivity index (χ0n) is 12.7. The molecule has 0 heterocycles. The van der Waals surface area contributed by atoms with Crippen LogP contribution in [0.2, 0.25) is 0 Å². The lowest BCUT2D eigenvalue weighted by Crippen LogP contribution is -2.15. The fourth-order valence-electron chi connectivity index (χ4n) is 1.96. The summed E-state index contributed by atoms with van der Waals surface area (Å²) in [7, 11) is 0. The lowest BCUT2D eigenvalue weighted by atomic mass is 10.0. The van der Waals surface area contributed by atoms with Crippen LogP contribution < -0.4 is 5.32 Å². The van der Waals surface area contributed by atoms with Gasteiger partial charge in [-0.25, -0.2) is 0 Å². The number of carbonyl (C=O) groups excluding carboxylic acids is 2. The number of hydrogen-bond donors (Lipinski definition) is 2. The third kappa shape index (κ3) is 4.09. The Balaban J connectivity index is 2.15. The molecule has 0 aliphatic carbocycles. The number of halogens is 1. The molecule has 1 amide bonds. The number of allylic oxidation sites excluding steroid dienone is 1. The van der Waals surface area contributed by atoms with Crippen molar-refractivity contribution in [3.8, 4) is 6.07 Å². The molecular weight excluding hydrogens is 372 g/mol.